The second kappa shape index (κ2) is 13.5. The Morgan fingerprint density at radius 3 is 1.91 bits per heavy atom. The zero-order valence-corrected chi connectivity index (χ0v) is 21.4. The number of aromatic hydroxyl groups is 1. The zero-order valence-electron chi connectivity index (χ0n) is 20.6. The van der Waals surface area contributed by atoms with E-state index in [1.54, 1.807) is 0 Å². The van der Waals surface area contributed by atoms with Gasteiger partial charge in [0.1, 0.15) is 5.75 Å². The lowest BCUT2D eigenvalue weighted by Crippen LogP contribution is -2.04. The Balaban J connectivity index is 1.79. The predicted octanol–water partition coefficient (Wildman–Crippen LogP) is 9.29. The van der Waals surface area contributed by atoms with Crippen LogP contribution in [0, 0.1) is 0 Å². The molecular formula is C31H40OS. The van der Waals surface area contributed by atoms with Gasteiger partial charge in [0.2, 0.25) is 0 Å². The summed E-state index contributed by atoms with van der Waals surface area (Å²) in [6.45, 7) is 6.74. The van der Waals surface area contributed by atoms with Crippen LogP contribution in [0.3, 0.4) is 0 Å². The number of thioether (sulfide) groups is 1. The molecule has 3 aromatic carbocycles. The molecule has 0 amide bonds. The summed E-state index contributed by atoms with van der Waals surface area (Å²) in [4.78, 5) is 0. The molecule has 2 unspecified atom stereocenters. The van der Waals surface area contributed by atoms with E-state index in [-0.39, 0.29) is 11.8 Å². The Morgan fingerprint density at radius 1 is 0.697 bits per heavy atom. The second-order valence-corrected chi connectivity index (χ2v) is 10.3. The molecule has 0 fully saturated rings. The minimum absolute atomic E-state index is 0.149. The van der Waals surface area contributed by atoms with Crippen LogP contribution in [-0.2, 0) is 5.75 Å². The maximum Gasteiger partial charge on any atom is 0.123 e. The lowest BCUT2D eigenvalue weighted by molar-refractivity contribution is 0.461. The molecule has 0 spiro atoms. The van der Waals surface area contributed by atoms with Crippen LogP contribution < -0.4 is 0 Å². The van der Waals surface area contributed by atoms with E-state index in [1.807, 2.05) is 17.8 Å². The third kappa shape index (κ3) is 7.40. The Labute approximate surface area is 205 Å². The smallest absolute Gasteiger partial charge is 0.123 e. The van der Waals surface area contributed by atoms with Gasteiger partial charge in [-0.2, -0.15) is 11.8 Å². The van der Waals surface area contributed by atoms with Crippen molar-refractivity contribution in [3.63, 3.8) is 0 Å². The molecule has 0 aliphatic carbocycles. The molecular weight excluding hydrogens is 420 g/mol. The Morgan fingerprint density at radius 2 is 1.27 bits per heavy atom. The fourth-order valence-corrected chi connectivity index (χ4v) is 5.45. The van der Waals surface area contributed by atoms with E-state index in [2.05, 4.69) is 87.5 Å². The van der Waals surface area contributed by atoms with Gasteiger partial charge in [0.05, 0.1) is 0 Å². The van der Waals surface area contributed by atoms with Gasteiger partial charge in [-0.15, -0.1) is 0 Å². The lowest BCUT2D eigenvalue weighted by atomic mass is 9.85. The van der Waals surface area contributed by atoms with Crippen molar-refractivity contribution < 1.29 is 5.11 Å². The van der Waals surface area contributed by atoms with Crippen LogP contribution in [0.15, 0.2) is 72.8 Å². The van der Waals surface area contributed by atoms with Crippen LogP contribution >= 0.6 is 11.8 Å². The van der Waals surface area contributed by atoms with Crippen molar-refractivity contribution in [3.8, 4) is 5.75 Å². The minimum atomic E-state index is 0.149. The number of hydrogen-bond acceptors (Lipinski definition) is 2. The van der Waals surface area contributed by atoms with E-state index in [0.29, 0.717) is 5.75 Å². The molecule has 0 aliphatic rings. The summed E-state index contributed by atoms with van der Waals surface area (Å²) >= 11 is 1.96. The highest BCUT2D eigenvalue weighted by Gasteiger charge is 2.19. The molecule has 0 aromatic heterocycles. The number of unbranched alkanes of at least 4 members (excludes halogenated alkanes) is 5. The molecule has 0 heterocycles. The summed E-state index contributed by atoms with van der Waals surface area (Å²) in [6.07, 6.45) is 7.96. The summed E-state index contributed by atoms with van der Waals surface area (Å²) in [6, 6.07) is 25.7. The van der Waals surface area contributed by atoms with Gasteiger partial charge >= 0.3 is 0 Å². The van der Waals surface area contributed by atoms with Crippen molar-refractivity contribution >= 4 is 11.8 Å². The van der Waals surface area contributed by atoms with Gasteiger partial charge in [-0.25, -0.2) is 0 Å². The molecule has 0 bridgehead atoms. The molecule has 1 nitrogen and oxygen atoms in total. The van der Waals surface area contributed by atoms with Crippen molar-refractivity contribution in [2.45, 2.75) is 76.9 Å². The quantitative estimate of drug-likeness (QED) is 0.256. The molecule has 3 rings (SSSR count). The first-order valence-corrected chi connectivity index (χ1v) is 13.8. The summed E-state index contributed by atoms with van der Waals surface area (Å²) in [5.41, 5.74) is 5.95. The van der Waals surface area contributed by atoms with Crippen molar-refractivity contribution in [1.29, 1.82) is 0 Å². The average molecular weight is 461 g/mol. The second-order valence-electron chi connectivity index (χ2n) is 9.20. The molecule has 0 saturated carbocycles. The summed E-state index contributed by atoms with van der Waals surface area (Å²) < 4.78 is 0. The van der Waals surface area contributed by atoms with E-state index in [9.17, 15) is 5.11 Å². The van der Waals surface area contributed by atoms with Crippen molar-refractivity contribution in [3.05, 3.63) is 101 Å². The van der Waals surface area contributed by atoms with Crippen LogP contribution in [0.5, 0.6) is 5.75 Å². The molecule has 1 N–H and O–H groups in total. The first-order chi connectivity index (χ1) is 16.1. The van der Waals surface area contributed by atoms with Crippen LogP contribution in [-0.4, -0.2) is 10.9 Å². The number of phenols is 1. The third-order valence-corrected chi connectivity index (χ3v) is 7.80. The molecule has 3 aromatic rings. The summed E-state index contributed by atoms with van der Waals surface area (Å²) in [5.74, 6) is 2.94. The van der Waals surface area contributed by atoms with Gasteiger partial charge in [0, 0.05) is 28.7 Å². The van der Waals surface area contributed by atoms with E-state index in [4.69, 9.17) is 0 Å². The molecule has 0 radical (unpaired) electrons. The van der Waals surface area contributed by atoms with Crippen molar-refractivity contribution in [1.82, 2.24) is 0 Å². The van der Waals surface area contributed by atoms with Crippen LogP contribution in [0.4, 0.5) is 0 Å². The van der Waals surface area contributed by atoms with Gasteiger partial charge in [0.15, 0.2) is 0 Å². The maximum absolute atomic E-state index is 11.3. The zero-order chi connectivity index (χ0) is 23.5. The fraction of sp³-hybridized carbons (Fsp3) is 0.419. The first kappa shape index (κ1) is 25.4. The Bertz CT molecular complexity index is 951. The molecule has 33 heavy (non-hydrogen) atoms. The number of phenolic OH excluding ortho intramolecular Hbond substituents is 1. The van der Waals surface area contributed by atoms with Gasteiger partial charge in [-0.3, -0.25) is 0 Å². The van der Waals surface area contributed by atoms with Crippen LogP contribution in [0.25, 0.3) is 0 Å². The van der Waals surface area contributed by atoms with Crippen molar-refractivity contribution in [2.75, 3.05) is 5.75 Å². The molecule has 2 atom stereocenters. The van der Waals surface area contributed by atoms with Gasteiger partial charge in [-0.1, -0.05) is 126 Å². The fourth-order valence-electron chi connectivity index (χ4n) is 4.46. The summed E-state index contributed by atoms with van der Waals surface area (Å²) in [7, 11) is 0. The van der Waals surface area contributed by atoms with E-state index >= 15 is 0 Å². The molecule has 0 saturated heterocycles. The standard InChI is InChI=1S/C31H40OS/c1-4-5-6-7-8-15-20-33-23-29-21-28(24(2)26-16-11-9-12-17-26)22-30(31(29)32)25(3)27-18-13-10-14-19-27/h9-14,16-19,21-22,24-25,32H,4-8,15,20,23H2,1-3H3. The molecule has 2 heteroatoms. The van der Waals surface area contributed by atoms with E-state index in [1.165, 1.54) is 55.2 Å². The van der Waals surface area contributed by atoms with Crippen LogP contribution in [0.2, 0.25) is 0 Å². The SMILES string of the molecule is CCCCCCCCSCc1cc(C(C)c2ccccc2)cc(C(C)c2ccccc2)c1O. The predicted molar refractivity (Wildman–Crippen MR) is 146 cm³/mol. The normalized spacial score (nSPS) is 13.1. The molecule has 176 valence electrons. The molecule has 0 aliphatic heterocycles. The van der Waals surface area contributed by atoms with Crippen LogP contribution in [0.1, 0.15) is 98.9 Å². The highest BCUT2D eigenvalue weighted by molar-refractivity contribution is 7.98. The van der Waals surface area contributed by atoms with Gasteiger partial charge in [0.25, 0.3) is 0 Å². The number of benzene rings is 3. The Hall–Kier alpha value is -2.19. The highest BCUT2D eigenvalue weighted by Crippen LogP contribution is 2.39. The minimum Gasteiger partial charge on any atom is -0.507 e. The van der Waals surface area contributed by atoms with Gasteiger partial charge < -0.3 is 5.11 Å². The largest absolute Gasteiger partial charge is 0.507 e. The monoisotopic (exact) mass is 460 g/mol. The van der Waals surface area contributed by atoms with Gasteiger partial charge in [-0.05, 0) is 28.9 Å². The topological polar surface area (TPSA) is 20.2 Å². The number of rotatable bonds is 13. The average Bonchev–Trinajstić information content (AvgIpc) is 2.86. The van der Waals surface area contributed by atoms with Crippen molar-refractivity contribution in [2.24, 2.45) is 0 Å². The van der Waals surface area contributed by atoms with E-state index < -0.39 is 0 Å². The summed E-state index contributed by atoms with van der Waals surface area (Å²) in [5, 5.41) is 11.3. The first-order valence-electron chi connectivity index (χ1n) is 12.6. The Kier molecular flexibility index (Phi) is 10.4. The highest BCUT2D eigenvalue weighted by atomic mass is 32.2. The van der Waals surface area contributed by atoms with E-state index in [0.717, 1.165) is 22.6 Å². The number of hydrogen-bond donors (Lipinski definition) is 1. The third-order valence-electron chi connectivity index (χ3n) is 6.71. The maximum atomic E-state index is 11.3. The lowest BCUT2D eigenvalue weighted by Gasteiger charge is -2.21.